The second-order valence-corrected chi connectivity index (χ2v) is 5.77. The zero-order valence-electron chi connectivity index (χ0n) is 12.8. The van der Waals surface area contributed by atoms with Crippen molar-refractivity contribution in [3.8, 4) is 0 Å². The molecule has 2 aromatic rings. The Morgan fingerprint density at radius 1 is 1.12 bits per heavy atom. The molecular weight excluding hydrogens is 314 g/mol. The molecule has 0 saturated carbocycles. The van der Waals surface area contributed by atoms with Gasteiger partial charge < -0.3 is 10.2 Å². The summed E-state index contributed by atoms with van der Waals surface area (Å²) in [6.45, 7) is 0.771. The number of hydrogen-bond donors (Lipinski definition) is 1. The number of nitrogens with one attached hydrogen (secondary N) is 1. The lowest BCUT2D eigenvalue weighted by molar-refractivity contribution is -0.117. The molecule has 1 heterocycles. The lowest BCUT2D eigenvalue weighted by Crippen LogP contribution is -2.31. The SMILES string of the molecule is O=C(NCC1CC(=O)N(c2ccc(F)cc2)C1)c1cccc(F)c1. The predicted octanol–water partition coefficient (Wildman–Crippen LogP) is 2.75. The summed E-state index contributed by atoms with van der Waals surface area (Å²) in [7, 11) is 0. The molecule has 6 heteroatoms. The maximum Gasteiger partial charge on any atom is 0.251 e. The first-order valence-electron chi connectivity index (χ1n) is 7.62. The Balaban J connectivity index is 1.58. The van der Waals surface area contributed by atoms with Gasteiger partial charge in [-0.15, -0.1) is 0 Å². The van der Waals surface area contributed by atoms with Crippen molar-refractivity contribution in [2.24, 2.45) is 5.92 Å². The Morgan fingerprint density at radius 3 is 2.58 bits per heavy atom. The third-order valence-corrected chi connectivity index (χ3v) is 3.98. The van der Waals surface area contributed by atoms with Gasteiger partial charge in [0, 0.05) is 36.7 Å². The van der Waals surface area contributed by atoms with E-state index in [1.807, 2.05) is 0 Å². The molecule has 1 aliphatic rings. The molecule has 1 N–H and O–H groups in total. The van der Waals surface area contributed by atoms with Crippen molar-refractivity contribution in [2.45, 2.75) is 6.42 Å². The topological polar surface area (TPSA) is 49.4 Å². The van der Waals surface area contributed by atoms with Crippen LogP contribution in [0.1, 0.15) is 16.8 Å². The number of halogens is 2. The number of amides is 2. The van der Waals surface area contributed by atoms with E-state index >= 15 is 0 Å². The van der Waals surface area contributed by atoms with Crippen LogP contribution >= 0.6 is 0 Å². The molecule has 2 aromatic carbocycles. The monoisotopic (exact) mass is 330 g/mol. The highest BCUT2D eigenvalue weighted by atomic mass is 19.1. The van der Waals surface area contributed by atoms with E-state index in [1.165, 1.54) is 36.4 Å². The second-order valence-electron chi connectivity index (χ2n) is 5.77. The molecule has 124 valence electrons. The number of carbonyl (C=O) groups excluding carboxylic acids is 2. The fourth-order valence-electron chi connectivity index (χ4n) is 2.76. The van der Waals surface area contributed by atoms with Crippen molar-refractivity contribution in [2.75, 3.05) is 18.0 Å². The molecule has 3 rings (SSSR count). The summed E-state index contributed by atoms with van der Waals surface area (Å²) in [4.78, 5) is 25.7. The molecular formula is C18H16F2N2O2. The molecule has 2 amide bonds. The largest absolute Gasteiger partial charge is 0.352 e. The van der Waals surface area contributed by atoms with E-state index in [0.717, 1.165) is 0 Å². The van der Waals surface area contributed by atoms with Crippen LogP contribution in [0.4, 0.5) is 14.5 Å². The molecule has 1 aliphatic heterocycles. The van der Waals surface area contributed by atoms with Crippen molar-refractivity contribution in [1.82, 2.24) is 5.32 Å². The van der Waals surface area contributed by atoms with Gasteiger partial charge in [-0.25, -0.2) is 8.78 Å². The van der Waals surface area contributed by atoms with Crippen LogP contribution in [0.5, 0.6) is 0 Å². The van der Waals surface area contributed by atoms with Gasteiger partial charge in [-0.05, 0) is 42.5 Å². The molecule has 1 fully saturated rings. The molecule has 0 aliphatic carbocycles. The van der Waals surface area contributed by atoms with Gasteiger partial charge in [0.25, 0.3) is 5.91 Å². The Kier molecular flexibility index (Phi) is 4.55. The number of benzene rings is 2. The minimum absolute atomic E-state index is 0.0416. The molecule has 0 aromatic heterocycles. The van der Waals surface area contributed by atoms with E-state index in [0.29, 0.717) is 25.2 Å². The van der Waals surface area contributed by atoms with E-state index in [9.17, 15) is 18.4 Å². The highest BCUT2D eigenvalue weighted by molar-refractivity contribution is 5.96. The third-order valence-electron chi connectivity index (χ3n) is 3.98. The maximum atomic E-state index is 13.1. The van der Waals surface area contributed by atoms with Crippen molar-refractivity contribution >= 4 is 17.5 Å². The van der Waals surface area contributed by atoms with Crippen LogP contribution in [0.2, 0.25) is 0 Å². The molecule has 0 spiro atoms. The quantitative estimate of drug-likeness (QED) is 0.937. The van der Waals surface area contributed by atoms with Crippen LogP contribution in [-0.2, 0) is 4.79 Å². The Hall–Kier alpha value is -2.76. The van der Waals surface area contributed by atoms with E-state index in [-0.39, 0.29) is 29.1 Å². The summed E-state index contributed by atoms with van der Waals surface area (Å²) >= 11 is 0. The second kappa shape index (κ2) is 6.78. The van der Waals surface area contributed by atoms with Gasteiger partial charge in [-0.2, -0.15) is 0 Å². The summed E-state index contributed by atoms with van der Waals surface area (Å²) in [6, 6.07) is 11.2. The first-order valence-corrected chi connectivity index (χ1v) is 7.62. The lowest BCUT2D eigenvalue weighted by atomic mass is 10.1. The fraction of sp³-hybridized carbons (Fsp3) is 0.222. The van der Waals surface area contributed by atoms with Gasteiger partial charge >= 0.3 is 0 Å². The molecule has 1 atom stereocenters. The normalized spacial score (nSPS) is 17.2. The van der Waals surface area contributed by atoms with Gasteiger partial charge in [0.15, 0.2) is 0 Å². The zero-order chi connectivity index (χ0) is 17.1. The third kappa shape index (κ3) is 3.59. The number of rotatable bonds is 4. The Bertz CT molecular complexity index is 762. The number of anilines is 1. The van der Waals surface area contributed by atoms with Crippen LogP contribution < -0.4 is 10.2 Å². The molecule has 4 nitrogen and oxygen atoms in total. The molecule has 0 radical (unpaired) electrons. The van der Waals surface area contributed by atoms with Crippen LogP contribution in [0, 0.1) is 17.6 Å². The maximum absolute atomic E-state index is 13.1. The summed E-state index contributed by atoms with van der Waals surface area (Å²) < 4.78 is 26.1. The molecule has 1 saturated heterocycles. The van der Waals surface area contributed by atoms with Crippen LogP contribution in [0.3, 0.4) is 0 Å². The molecule has 0 bridgehead atoms. The number of hydrogen-bond acceptors (Lipinski definition) is 2. The lowest BCUT2D eigenvalue weighted by Gasteiger charge is -2.17. The van der Waals surface area contributed by atoms with Crippen molar-refractivity contribution in [3.63, 3.8) is 0 Å². The first kappa shape index (κ1) is 16.1. The van der Waals surface area contributed by atoms with Crippen LogP contribution in [-0.4, -0.2) is 24.9 Å². The minimum Gasteiger partial charge on any atom is -0.352 e. The van der Waals surface area contributed by atoms with Crippen LogP contribution in [0.25, 0.3) is 0 Å². The van der Waals surface area contributed by atoms with E-state index in [2.05, 4.69) is 5.32 Å². The van der Waals surface area contributed by atoms with E-state index in [4.69, 9.17) is 0 Å². The Morgan fingerprint density at radius 2 is 1.88 bits per heavy atom. The number of carbonyl (C=O) groups is 2. The van der Waals surface area contributed by atoms with Gasteiger partial charge in [0.2, 0.25) is 5.91 Å². The number of nitrogens with zero attached hydrogens (tertiary/aromatic N) is 1. The van der Waals surface area contributed by atoms with Gasteiger partial charge in [0.1, 0.15) is 11.6 Å². The fourth-order valence-corrected chi connectivity index (χ4v) is 2.76. The van der Waals surface area contributed by atoms with E-state index in [1.54, 1.807) is 17.0 Å². The van der Waals surface area contributed by atoms with Gasteiger partial charge in [-0.3, -0.25) is 9.59 Å². The minimum atomic E-state index is -0.471. The standard InChI is InChI=1S/C18H16F2N2O2/c19-14-4-6-16(7-5-14)22-11-12(8-17(22)23)10-21-18(24)13-2-1-3-15(20)9-13/h1-7,9,12H,8,10-11H2,(H,21,24). The average Bonchev–Trinajstić information content (AvgIpc) is 2.94. The van der Waals surface area contributed by atoms with Gasteiger partial charge in [0.05, 0.1) is 0 Å². The van der Waals surface area contributed by atoms with Crippen molar-refractivity contribution < 1.29 is 18.4 Å². The summed E-state index contributed by atoms with van der Waals surface area (Å²) in [5.74, 6) is -1.31. The van der Waals surface area contributed by atoms with Crippen molar-refractivity contribution in [1.29, 1.82) is 0 Å². The zero-order valence-corrected chi connectivity index (χ0v) is 12.8. The summed E-state index contributed by atoms with van der Waals surface area (Å²) in [5.41, 5.74) is 0.884. The summed E-state index contributed by atoms with van der Waals surface area (Å²) in [5, 5.41) is 2.73. The van der Waals surface area contributed by atoms with Crippen molar-refractivity contribution in [3.05, 3.63) is 65.7 Å². The van der Waals surface area contributed by atoms with Crippen LogP contribution in [0.15, 0.2) is 48.5 Å². The first-order chi connectivity index (χ1) is 11.5. The smallest absolute Gasteiger partial charge is 0.251 e. The summed E-state index contributed by atoms with van der Waals surface area (Å²) in [6.07, 6.45) is 0.306. The predicted molar refractivity (Wildman–Crippen MR) is 85.6 cm³/mol. The average molecular weight is 330 g/mol. The molecule has 1 unspecified atom stereocenters. The van der Waals surface area contributed by atoms with Gasteiger partial charge in [-0.1, -0.05) is 6.07 Å². The highest BCUT2D eigenvalue weighted by Crippen LogP contribution is 2.24. The highest BCUT2D eigenvalue weighted by Gasteiger charge is 2.30. The Labute approximate surface area is 138 Å². The van der Waals surface area contributed by atoms with E-state index < -0.39 is 5.82 Å². The molecule has 24 heavy (non-hydrogen) atoms.